The van der Waals surface area contributed by atoms with Crippen molar-refractivity contribution in [3.05, 3.63) is 81.9 Å². The van der Waals surface area contributed by atoms with E-state index in [9.17, 15) is 4.79 Å². The van der Waals surface area contributed by atoms with Crippen LogP contribution in [0, 0.1) is 3.57 Å². The van der Waals surface area contributed by atoms with Crippen LogP contribution < -0.4 is 10.6 Å². The van der Waals surface area contributed by atoms with Crippen LogP contribution in [-0.4, -0.2) is 16.0 Å². The summed E-state index contributed by atoms with van der Waals surface area (Å²) in [5.41, 5.74) is 3.26. The summed E-state index contributed by atoms with van der Waals surface area (Å²) in [5, 5.41) is 7.01. The Hall–Kier alpha value is -2.36. The van der Waals surface area contributed by atoms with Crippen LogP contribution in [-0.2, 0) is 0 Å². The minimum absolute atomic E-state index is 0.244. The Balaban J connectivity index is 1.54. The lowest BCUT2D eigenvalue weighted by molar-refractivity contribution is 0.0977. The van der Waals surface area contributed by atoms with E-state index < -0.39 is 0 Å². The Labute approximate surface area is 185 Å². The number of thiocarbonyl (C=S) groups is 1. The van der Waals surface area contributed by atoms with Gasteiger partial charge in [-0.1, -0.05) is 24.3 Å². The third-order valence-corrected chi connectivity index (χ3v) is 6.03. The number of rotatable bonds is 3. The molecule has 28 heavy (non-hydrogen) atoms. The van der Waals surface area contributed by atoms with E-state index in [4.69, 9.17) is 17.2 Å². The molecule has 0 saturated carbocycles. The van der Waals surface area contributed by atoms with E-state index in [-0.39, 0.29) is 11.0 Å². The number of para-hydroxylation sites is 2. The van der Waals surface area contributed by atoms with Gasteiger partial charge in [-0.05, 0) is 83.3 Å². The van der Waals surface area contributed by atoms with Crippen molar-refractivity contribution in [2.75, 3.05) is 5.32 Å². The molecule has 4 aromatic rings. The third kappa shape index (κ3) is 4.21. The van der Waals surface area contributed by atoms with Gasteiger partial charge in [-0.15, -0.1) is 11.3 Å². The molecule has 0 aliphatic rings. The molecule has 0 radical (unpaired) electrons. The van der Waals surface area contributed by atoms with Crippen molar-refractivity contribution in [1.29, 1.82) is 0 Å². The van der Waals surface area contributed by atoms with Crippen LogP contribution in [0.2, 0.25) is 0 Å². The SMILES string of the molecule is O=C(NC(=S)Nc1ccccc1-c1nc2ccccc2s1)c1ccc(I)cc1. The fourth-order valence-corrected chi connectivity index (χ4v) is 4.26. The Kier molecular flexibility index (Phi) is 5.65. The van der Waals surface area contributed by atoms with Crippen molar-refractivity contribution in [3.8, 4) is 10.6 Å². The Bertz CT molecular complexity index is 1140. The Morgan fingerprint density at radius 3 is 2.46 bits per heavy atom. The summed E-state index contributed by atoms with van der Waals surface area (Å²) in [5.74, 6) is -0.244. The van der Waals surface area contributed by atoms with Gasteiger partial charge in [-0.2, -0.15) is 0 Å². The molecule has 0 atom stereocenters. The quantitative estimate of drug-likeness (QED) is 0.272. The van der Waals surface area contributed by atoms with Crippen LogP contribution >= 0.6 is 46.1 Å². The highest BCUT2D eigenvalue weighted by Crippen LogP contribution is 2.34. The molecule has 0 aliphatic carbocycles. The summed E-state index contributed by atoms with van der Waals surface area (Å²) in [4.78, 5) is 17.1. The number of nitrogens with one attached hydrogen (secondary N) is 2. The summed E-state index contributed by atoms with van der Waals surface area (Å²) in [6.45, 7) is 0. The number of hydrogen-bond donors (Lipinski definition) is 2. The van der Waals surface area contributed by atoms with E-state index in [0.29, 0.717) is 5.56 Å². The maximum Gasteiger partial charge on any atom is 0.257 e. The maximum atomic E-state index is 12.4. The molecular weight excluding hydrogens is 501 g/mol. The summed E-state index contributed by atoms with van der Waals surface area (Å²) in [6, 6.07) is 23.1. The van der Waals surface area contributed by atoms with Crippen molar-refractivity contribution in [1.82, 2.24) is 10.3 Å². The van der Waals surface area contributed by atoms with Crippen molar-refractivity contribution in [3.63, 3.8) is 0 Å². The standard InChI is InChI=1S/C21H14IN3OS2/c22-14-11-9-13(10-12-14)19(26)25-21(27)24-16-6-2-1-5-15(16)20-23-17-7-3-4-8-18(17)28-20/h1-12H,(H2,24,25,26,27). The third-order valence-electron chi connectivity index (χ3n) is 4.03. The molecule has 7 heteroatoms. The van der Waals surface area contributed by atoms with Gasteiger partial charge in [0.2, 0.25) is 0 Å². The molecule has 1 aromatic heterocycles. The van der Waals surface area contributed by atoms with Crippen LogP contribution in [0.3, 0.4) is 0 Å². The van der Waals surface area contributed by atoms with Crippen LogP contribution in [0.1, 0.15) is 10.4 Å². The molecule has 0 bridgehead atoms. The van der Waals surface area contributed by atoms with Gasteiger partial charge in [0.25, 0.3) is 5.91 Å². The van der Waals surface area contributed by atoms with Gasteiger partial charge in [0.15, 0.2) is 5.11 Å². The molecule has 4 nitrogen and oxygen atoms in total. The van der Waals surface area contributed by atoms with Crippen LogP contribution in [0.5, 0.6) is 0 Å². The molecule has 0 saturated heterocycles. The van der Waals surface area contributed by atoms with Gasteiger partial charge < -0.3 is 5.32 Å². The van der Waals surface area contributed by atoms with Gasteiger partial charge in [0.1, 0.15) is 5.01 Å². The molecule has 0 aliphatic heterocycles. The highest BCUT2D eigenvalue weighted by Gasteiger charge is 2.13. The predicted octanol–water partition coefficient (Wildman–Crippen LogP) is 5.69. The number of thiazole rings is 1. The summed E-state index contributed by atoms with van der Waals surface area (Å²) in [7, 11) is 0. The number of carbonyl (C=O) groups excluding carboxylic acids is 1. The van der Waals surface area contributed by atoms with Gasteiger partial charge in [-0.25, -0.2) is 4.98 Å². The lowest BCUT2D eigenvalue weighted by Gasteiger charge is -2.12. The number of fused-ring (bicyclic) bond motifs is 1. The number of anilines is 1. The number of benzene rings is 3. The summed E-state index contributed by atoms with van der Waals surface area (Å²) in [6.07, 6.45) is 0. The normalized spacial score (nSPS) is 10.6. The maximum absolute atomic E-state index is 12.4. The average molecular weight is 515 g/mol. The van der Waals surface area contributed by atoms with Gasteiger partial charge in [0, 0.05) is 14.7 Å². The summed E-state index contributed by atoms with van der Waals surface area (Å²) < 4.78 is 2.20. The lowest BCUT2D eigenvalue weighted by atomic mass is 10.2. The summed E-state index contributed by atoms with van der Waals surface area (Å²) >= 11 is 9.17. The minimum atomic E-state index is -0.244. The van der Waals surface area contributed by atoms with E-state index >= 15 is 0 Å². The first-order chi connectivity index (χ1) is 13.6. The molecule has 0 unspecified atom stereocenters. The second-order valence-electron chi connectivity index (χ2n) is 5.95. The van der Waals surface area contributed by atoms with Crippen LogP contribution in [0.4, 0.5) is 5.69 Å². The largest absolute Gasteiger partial charge is 0.332 e. The molecule has 1 heterocycles. The number of nitrogens with zero attached hydrogens (tertiary/aromatic N) is 1. The van der Waals surface area contributed by atoms with Gasteiger partial charge in [-0.3, -0.25) is 10.1 Å². The molecule has 4 rings (SSSR count). The van der Waals surface area contributed by atoms with E-state index in [2.05, 4.69) is 39.3 Å². The number of halogens is 1. The van der Waals surface area contributed by atoms with Gasteiger partial charge >= 0.3 is 0 Å². The molecule has 3 aromatic carbocycles. The average Bonchev–Trinajstić information content (AvgIpc) is 3.12. The first-order valence-corrected chi connectivity index (χ1v) is 10.7. The van der Waals surface area contributed by atoms with E-state index in [1.165, 1.54) is 0 Å². The van der Waals surface area contributed by atoms with E-state index in [0.717, 1.165) is 30.0 Å². The number of amides is 1. The zero-order valence-corrected chi connectivity index (χ0v) is 18.3. The molecule has 138 valence electrons. The Morgan fingerprint density at radius 2 is 1.68 bits per heavy atom. The van der Waals surface area contributed by atoms with Crippen LogP contribution in [0.15, 0.2) is 72.8 Å². The van der Waals surface area contributed by atoms with Gasteiger partial charge in [0.05, 0.1) is 15.9 Å². The van der Waals surface area contributed by atoms with Crippen molar-refractivity contribution < 1.29 is 4.79 Å². The molecule has 0 spiro atoms. The first kappa shape index (κ1) is 19.0. The molecule has 2 N–H and O–H groups in total. The van der Waals surface area contributed by atoms with E-state index in [1.54, 1.807) is 23.5 Å². The zero-order chi connectivity index (χ0) is 19.5. The van der Waals surface area contributed by atoms with Crippen molar-refractivity contribution in [2.45, 2.75) is 0 Å². The molecular formula is C21H14IN3OS2. The van der Waals surface area contributed by atoms with Crippen molar-refractivity contribution >= 4 is 73.1 Å². The number of hydrogen-bond acceptors (Lipinski definition) is 4. The fraction of sp³-hybridized carbons (Fsp3) is 0. The van der Waals surface area contributed by atoms with E-state index in [1.807, 2.05) is 54.6 Å². The lowest BCUT2D eigenvalue weighted by Crippen LogP contribution is -2.34. The fourth-order valence-electron chi connectivity index (χ4n) is 2.70. The monoisotopic (exact) mass is 515 g/mol. The van der Waals surface area contributed by atoms with Crippen LogP contribution in [0.25, 0.3) is 20.8 Å². The molecule has 1 amide bonds. The number of carbonyl (C=O) groups is 1. The number of aromatic nitrogens is 1. The smallest absolute Gasteiger partial charge is 0.257 e. The predicted molar refractivity (Wildman–Crippen MR) is 128 cm³/mol. The Morgan fingerprint density at radius 1 is 0.964 bits per heavy atom. The topological polar surface area (TPSA) is 54.0 Å². The highest BCUT2D eigenvalue weighted by molar-refractivity contribution is 14.1. The highest BCUT2D eigenvalue weighted by atomic mass is 127. The second kappa shape index (κ2) is 8.34. The molecule has 0 fully saturated rings. The minimum Gasteiger partial charge on any atom is -0.332 e. The first-order valence-electron chi connectivity index (χ1n) is 8.43. The second-order valence-corrected chi connectivity index (χ2v) is 8.63. The van der Waals surface area contributed by atoms with Crippen molar-refractivity contribution in [2.24, 2.45) is 0 Å². The zero-order valence-electron chi connectivity index (χ0n) is 14.5.